The Hall–Kier alpha value is -2.53. The molecule has 1 saturated heterocycles. The van der Waals surface area contributed by atoms with Crippen LogP contribution >= 0.6 is 0 Å². The summed E-state index contributed by atoms with van der Waals surface area (Å²) in [5.41, 5.74) is 4.73. The van der Waals surface area contributed by atoms with Gasteiger partial charge in [-0.1, -0.05) is 36.4 Å². The zero-order valence-corrected chi connectivity index (χ0v) is 13.7. The molecule has 0 atom stereocenters. The number of nitrogens with zero attached hydrogens (tertiary/aromatic N) is 1. The average molecular weight is 325 g/mol. The van der Waals surface area contributed by atoms with Gasteiger partial charge in [-0.25, -0.2) is 4.79 Å². The lowest BCUT2D eigenvalue weighted by molar-refractivity contribution is 0.194. The third kappa shape index (κ3) is 4.06. The molecule has 2 aromatic rings. The first-order valence-corrected chi connectivity index (χ1v) is 8.35. The highest BCUT2D eigenvalue weighted by atomic mass is 16.4. The highest BCUT2D eigenvalue weighted by Crippen LogP contribution is 2.29. The molecule has 1 aliphatic heterocycles. The number of piperazine rings is 1. The summed E-state index contributed by atoms with van der Waals surface area (Å²) >= 11 is 0. The minimum atomic E-state index is -0.978. The number of carbonyl (C=O) groups is 1. The molecule has 0 unspecified atom stereocenters. The number of hydrogen-bond donors (Lipinski definition) is 3. The van der Waals surface area contributed by atoms with E-state index in [4.69, 9.17) is 5.11 Å². The molecule has 0 bridgehead atoms. The molecule has 0 aromatic heterocycles. The van der Waals surface area contributed by atoms with Crippen LogP contribution in [0.15, 0.2) is 48.5 Å². The van der Waals surface area contributed by atoms with Crippen molar-refractivity contribution >= 4 is 11.8 Å². The molecule has 0 aliphatic carbocycles. The lowest BCUT2D eigenvalue weighted by Gasteiger charge is -2.30. The van der Waals surface area contributed by atoms with Crippen LogP contribution in [0.3, 0.4) is 0 Å². The van der Waals surface area contributed by atoms with Gasteiger partial charge < -0.3 is 20.6 Å². The third-order valence-electron chi connectivity index (χ3n) is 4.33. The standard InChI is InChI=1S/C19H23N3O2/c23-19(24)21-9-8-16-6-7-17(22-12-10-20-11-13-22)14-18(16)15-4-2-1-3-5-15/h1-7,14,20-21H,8-13H2,(H,23,24). The predicted octanol–water partition coefficient (Wildman–Crippen LogP) is 2.57. The van der Waals surface area contributed by atoms with E-state index in [-0.39, 0.29) is 0 Å². The van der Waals surface area contributed by atoms with Crippen molar-refractivity contribution in [3.05, 3.63) is 54.1 Å². The van der Waals surface area contributed by atoms with E-state index in [1.54, 1.807) is 0 Å². The van der Waals surface area contributed by atoms with Gasteiger partial charge in [0.15, 0.2) is 0 Å². The maximum atomic E-state index is 10.7. The van der Waals surface area contributed by atoms with Crippen LogP contribution in [0.1, 0.15) is 5.56 Å². The molecular weight excluding hydrogens is 302 g/mol. The normalized spacial score (nSPS) is 14.4. The van der Waals surface area contributed by atoms with Crippen LogP contribution in [-0.2, 0) is 6.42 Å². The Morgan fingerprint density at radius 3 is 2.58 bits per heavy atom. The number of hydrogen-bond acceptors (Lipinski definition) is 3. The summed E-state index contributed by atoms with van der Waals surface area (Å²) in [7, 11) is 0. The van der Waals surface area contributed by atoms with Crippen LogP contribution in [0.25, 0.3) is 11.1 Å². The van der Waals surface area contributed by atoms with E-state index in [9.17, 15) is 4.79 Å². The van der Waals surface area contributed by atoms with E-state index in [1.807, 2.05) is 18.2 Å². The zero-order valence-electron chi connectivity index (χ0n) is 13.7. The molecule has 0 radical (unpaired) electrons. The van der Waals surface area contributed by atoms with E-state index in [2.05, 4.69) is 45.9 Å². The second kappa shape index (κ2) is 7.84. The second-order valence-electron chi connectivity index (χ2n) is 5.93. The van der Waals surface area contributed by atoms with Crippen molar-refractivity contribution in [2.75, 3.05) is 37.6 Å². The van der Waals surface area contributed by atoms with Crippen molar-refractivity contribution in [2.45, 2.75) is 6.42 Å². The first-order chi connectivity index (χ1) is 11.7. The van der Waals surface area contributed by atoms with Gasteiger partial charge >= 0.3 is 6.09 Å². The fourth-order valence-electron chi connectivity index (χ4n) is 3.09. The Balaban J connectivity index is 1.88. The lowest BCUT2D eigenvalue weighted by atomic mass is 9.96. The van der Waals surface area contributed by atoms with Crippen LogP contribution in [0.5, 0.6) is 0 Å². The van der Waals surface area contributed by atoms with Gasteiger partial charge in [0.2, 0.25) is 0 Å². The number of nitrogens with one attached hydrogen (secondary N) is 2. The van der Waals surface area contributed by atoms with Crippen LogP contribution in [0.2, 0.25) is 0 Å². The van der Waals surface area contributed by atoms with E-state index in [1.165, 1.54) is 16.8 Å². The van der Waals surface area contributed by atoms with Crippen molar-refractivity contribution in [1.29, 1.82) is 0 Å². The van der Waals surface area contributed by atoms with E-state index < -0.39 is 6.09 Å². The smallest absolute Gasteiger partial charge is 0.404 e. The van der Waals surface area contributed by atoms with Crippen molar-refractivity contribution in [3.8, 4) is 11.1 Å². The van der Waals surface area contributed by atoms with Gasteiger partial charge in [-0.3, -0.25) is 0 Å². The van der Waals surface area contributed by atoms with Crippen molar-refractivity contribution in [3.63, 3.8) is 0 Å². The number of anilines is 1. The maximum absolute atomic E-state index is 10.7. The van der Waals surface area contributed by atoms with Crippen molar-refractivity contribution in [1.82, 2.24) is 10.6 Å². The molecule has 3 rings (SSSR count). The monoisotopic (exact) mass is 325 g/mol. The second-order valence-corrected chi connectivity index (χ2v) is 5.93. The Morgan fingerprint density at radius 2 is 1.88 bits per heavy atom. The maximum Gasteiger partial charge on any atom is 0.404 e. The zero-order chi connectivity index (χ0) is 16.8. The fraction of sp³-hybridized carbons (Fsp3) is 0.316. The van der Waals surface area contributed by atoms with Gasteiger partial charge in [0.05, 0.1) is 0 Å². The van der Waals surface area contributed by atoms with Gasteiger partial charge in [-0.2, -0.15) is 0 Å². The highest BCUT2D eigenvalue weighted by molar-refractivity contribution is 5.72. The quantitative estimate of drug-likeness (QED) is 0.790. The molecule has 2 aromatic carbocycles. The molecule has 5 nitrogen and oxygen atoms in total. The molecule has 0 spiro atoms. The predicted molar refractivity (Wildman–Crippen MR) is 96.7 cm³/mol. The minimum Gasteiger partial charge on any atom is -0.465 e. The van der Waals surface area contributed by atoms with Gasteiger partial charge in [0.1, 0.15) is 0 Å². The highest BCUT2D eigenvalue weighted by Gasteiger charge is 2.13. The largest absolute Gasteiger partial charge is 0.465 e. The van der Waals surface area contributed by atoms with Crippen LogP contribution < -0.4 is 15.5 Å². The summed E-state index contributed by atoms with van der Waals surface area (Å²) in [4.78, 5) is 13.1. The van der Waals surface area contributed by atoms with Gasteiger partial charge in [-0.05, 0) is 35.2 Å². The number of benzene rings is 2. The van der Waals surface area contributed by atoms with Crippen LogP contribution in [0, 0.1) is 0 Å². The molecule has 3 N–H and O–H groups in total. The Morgan fingerprint density at radius 1 is 1.12 bits per heavy atom. The Kier molecular flexibility index (Phi) is 5.33. The minimum absolute atomic E-state index is 0.419. The van der Waals surface area contributed by atoms with Crippen molar-refractivity contribution < 1.29 is 9.90 Å². The molecule has 5 heteroatoms. The summed E-state index contributed by atoms with van der Waals surface area (Å²) in [5.74, 6) is 0. The molecule has 126 valence electrons. The fourth-order valence-corrected chi connectivity index (χ4v) is 3.09. The SMILES string of the molecule is O=C(O)NCCc1ccc(N2CCNCC2)cc1-c1ccccc1. The van der Waals surface area contributed by atoms with Gasteiger partial charge in [0, 0.05) is 38.4 Å². The van der Waals surface area contributed by atoms with Crippen LogP contribution in [0.4, 0.5) is 10.5 Å². The first kappa shape index (κ1) is 16.3. The molecule has 0 saturated carbocycles. The summed E-state index contributed by atoms with van der Waals surface area (Å²) in [6, 6.07) is 16.8. The lowest BCUT2D eigenvalue weighted by Crippen LogP contribution is -2.43. The Labute approximate surface area is 142 Å². The summed E-state index contributed by atoms with van der Waals surface area (Å²) in [6.07, 6.45) is -0.299. The van der Waals surface area contributed by atoms with E-state index in [0.29, 0.717) is 13.0 Å². The van der Waals surface area contributed by atoms with E-state index >= 15 is 0 Å². The van der Waals surface area contributed by atoms with E-state index in [0.717, 1.165) is 31.7 Å². The number of amides is 1. The molecule has 1 fully saturated rings. The number of rotatable bonds is 5. The molecule has 1 aliphatic rings. The van der Waals surface area contributed by atoms with Gasteiger partial charge in [-0.15, -0.1) is 0 Å². The molecular formula is C19H23N3O2. The third-order valence-corrected chi connectivity index (χ3v) is 4.33. The topological polar surface area (TPSA) is 64.6 Å². The molecule has 24 heavy (non-hydrogen) atoms. The summed E-state index contributed by atoms with van der Waals surface area (Å²) < 4.78 is 0. The summed E-state index contributed by atoms with van der Waals surface area (Å²) in [6.45, 7) is 4.44. The average Bonchev–Trinajstić information content (AvgIpc) is 2.63. The molecule has 1 amide bonds. The van der Waals surface area contributed by atoms with Gasteiger partial charge in [0.25, 0.3) is 0 Å². The first-order valence-electron chi connectivity index (χ1n) is 8.35. The van der Waals surface area contributed by atoms with Crippen molar-refractivity contribution in [2.24, 2.45) is 0 Å². The summed E-state index contributed by atoms with van der Waals surface area (Å²) in [5, 5.41) is 14.6. The Bertz CT molecular complexity index is 682. The van der Waals surface area contributed by atoms with Crippen LogP contribution in [-0.4, -0.2) is 43.9 Å². The molecule has 1 heterocycles. The number of carboxylic acid groups (broad SMARTS) is 1.